The van der Waals surface area contributed by atoms with E-state index in [1.807, 2.05) is 13.8 Å². The Kier molecular flexibility index (Phi) is 3.28. The van der Waals surface area contributed by atoms with Crippen LogP contribution in [-0.4, -0.2) is 27.2 Å². The van der Waals surface area contributed by atoms with Crippen molar-refractivity contribution in [1.82, 2.24) is 15.2 Å². The lowest BCUT2D eigenvalue weighted by atomic mass is 10.2. The maximum absolute atomic E-state index is 10.1. The zero-order valence-electron chi connectivity index (χ0n) is 8.11. The minimum atomic E-state index is -0.0964. The molecule has 14 heavy (non-hydrogen) atoms. The third kappa shape index (κ3) is 2.62. The standard InChI is InChI=1S/C9H12N4O/c1-6(2)9-11-8(12-13-9)4-3-7(10)5-14/h3-6,10H,1-2H3,(H,11,12,13)/b4-3-,10-7?. The molecule has 0 bridgehead atoms. The van der Waals surface area contributed by atoms with Gasteiger partial charge in [-0.1, -0.05) is 13.8 Å². The lowest BCUT2D eigenvalue weighted by Crippen LogP contribution is -1.91. The van der Waals surface area contributed by atoms with Crippen LogP contribution in [0.3, 0.4) is 0 Å². The van der Waals surface area contributed by atoms with E-state index >= 15 is 0 Å². The summed E-state index contributed by atoms with van der Waals surface area (Å²) in [4.78, 5) is 14.3. The molecule has 2 N–H and O–H groups in total. The molecule has 0 saturated carbocycles. The van der Waals surface area contributed by atoms with Crippen molar-refractivity contribution in [3.8, 4) is 0 Å². The lowest BCUT2D eigenvalue weighted by Gasteiger charge is -1.94. The minimum Gasteiger partial charge on any atom is -0.297 e. The normalized spacial score (nSPS) is 11.1. The molecule has 0 radical (unpaired) electrons. The van der Waals surface area contributed by atoms with E-state index in [1.165, 1.54) is 12.2 Å². The Morgan fingerprint density at radius 3 is 2.79 bits per heavy atom. The van der Waals surface area contributed by atoms with E-state index < -0.39 is 0 Å². The van der Waals surface area contributed by atoms with Crippen molar-refractivity contribution in [2.45, 2.75) is 19.8 Å². The summed E-state index contributed by atoms with van der Waals surface area (Å²) in [5.74, 6) is 1.57. The Morgan fingerprint density at radius 2 is 2.29 bits per heavy atom. The van der Waals surface area contributed by atoms with Crippen molar-refractivity contribution in [2.75, 3.05) is 0 Å². The molecule has 0 atom stereocenters. The number of hydrogen-bond acceptors (Lipinski definition) is 4. The fraction of sp³-hybridized carbons (Fsp3) is 0.333. The maximum Gasteiger partial charge on any atom is 0.173 e. The molecule has 74 valence electrons. The predicted molar refractivity (Wildman–Crippen MR) is 53.3 cm³/mol. The van der Waals surface area contributed by atoms with Crippen molar-refractivity contribution in [3.05, 3.63) is 17.7 Å². The highest BCUT2D eigenvalue weighted by Gasteiger charge is 2.03. The average molecular weight is 192 g/mol. The molecule has 0 saturated heterocycles. The quantitative estimate of drug-likeness (QED) is 0.554. The number of carbonyl (C=O) groups excluding carboxylic acids is 1. The maximum atomic E-state index is 10.1. The average Bonchev–Trinajstić information content (AvgIpc) is 2.62. The highest BCUT2D eigenvalue weighted by molar-refractivity contribution is 6.33. The number of hydrogen-bond donors (Lipinski definition) is 2. The molecule has 0 aliphatic carbocycles. The Labute approximate surface area is 81.8 Å². The van der Waals surface area contributed by atoms with Crippen LogP contribution >= 0.6 is 0 Å². The summed E-state index contributed by atoms with van der Waals surface area (Å²) in [5.41, 5.74) is -0.0964. The topological polar surface area (TPSA) is 82.5 Å². The van der Waals surface area contributed by atoms with Crippen molar-refractivity contribution in [2.24, 2.45) is 0 Å². The van der Waals surface area contributed by atoms with Gasteiger partial charge < -0.3 is 0 Å². The predicted octanol–water partition coefficient (Wildman–Crippen LogP) is 1.16. The molecule has 1 aromatic heterocycles. The van der Waals surface area contributed by atoms with Gasteiger partial charge in [-0.2, -0.15) is 5.10 Å². The largest absolute Gasteiger partial charge is 0.297 e. The first kappa shape index (κ1) is 10.3. The molecular weight excluding hydrogens is 180 g/mol. The van der Waals surface area contributed by atoms with Crippen molar-refractivity contribution < 1.29 is 4.79 Å². The van der Waals surface area contributed by atoms with Crippen LogP contribution in [0.1, 0.15) is 31.4 Å². The second-order valence-corrected chi connectivity index (χ2v) is 3.14. The third-order valence-electron chi connectivity index (χ3n) is 1.61. The lowest BCUT2D eigenvalue weighted by molar-refractivity contribution is -0.102. The molecular formula is C9H12N4O. The van der Waals surface area contributed by atoms with Crippen molar-refractivity contribution >= 4 is 18.1 Å². The Balaban J connectivity index is 2.73. The minimum absolute atomic E-state index is 0.0964. The third-order valence-corrected chi connectivity index (χ3v) is 1.61. The molecule has 0 fully saturated rings. The van der Waals surface area contributed by atoms with Crippen LogP contribution in [0.4, 0.5) is 0 Å². The molecule has 0 aromatic carbocycles. The van der Waals surface area contributed by atoms with Crippen LogP contribution in [0.2, 0.25) is 0 Å². The molecule has 0 spiro atoms. The number of nitrogens with zero attached hydrogens (tertiary/aromatic N) is 2. The molecule has 0 amide bonds. The first-order valence-corrected chi connectivity index (χ1v) is 4.27. The molecule has 0 aliphatic rings. The summed E-state index contributed by atoms with van der Waals surface area (Å²) in [6.07, 6.45) is 3.35. The van der Waals surface area contributed by atoms with Gasteiger partial charge in [0.15, 0.2) is 12.1 Å². The Hall–Kier alpha value is -1.78. The van der Waals surface area contributed by atoms with E-state index in [1.54, 1.807) is 0 Å². The van der Waals surface area contributed by atoms with Crippen LogP contribution in [0.25, 0.3) is 6.08 Å². The van der Waals surface area contributed by atoms with E-state index in [9.17, 15) is 4.79 Å². The van der Waals surface area contributed by atoms with E-state index in [4.69, 9.17) is 5.41 Å². The number of H-pyrrole nitrogens is 1. The van der Waals surface area contributed by atoms with E-state index in [2.05, 4.69) is 15.2 Å². The zero-order valence-corrected chi connectivity index (χ0v) is 8.11. The van der Waals surface area contributed by atoms with E-state index in [-0.39, 0.29) is 11.6 Å². The van der Waals surface area contributed by atoms with Crippen LogP contribution in [-0.2, 0) is 4.79 Å². The molecule has 1 aromatic rings. The number of aromatic nitrogens is 3. The van der Waals surface area contributed by atoms with Gasteiger partial charge in [-0.05, 0) is 12.2 Å². The van der Waals surface area contributed by atoms with E-state index in [0.717, 1.165) is 5.82 Å². The smallest absolute Gasteiger partial charge is 0.173 e. The van der Waals surface area contributed by atoms with Gasteiger partial charge in [0.1, 0.15) is 5.82 Å². The van der Waals surface area contributed by atoms with Crippen molar-refractivity contribution in [1.29, 1.82) is 5.41 Å². The Bertz CT molecular complexity index is 365. The van der Waals surface area contributed by atoms with E-state index in [0.29, 0.717) is 12.1 Å². The van der Waals surface area contributed by atoms with Crippen LogP contribution in [0.15, 0.2) is 6.08 Å². The van der Waals surface area contributed by atoms with Gasteiger partial charge in [-0.25, -0.2) is 4.98 Å². The highest BCUT2D eigenvalue weighted by Crippen LogP contribution is 2.07. The molecule has 1 rings (SSSR count). The zero-order chi connectivity index (χ0) is 10.6. The SMILES string of the molecule is CC(C)c1nc(/C=C\C(=N)C=O)n[nH]1. The molecule has 5 heteroatoms. The first-order chi connectivity index (χ1) is 6.63. The first-order valence-electron chi connectivity index (χ1n) is 4.27. The van der Waals surface area contributed by atoms with Gasteiger partial charge >= 0.3 is 0 Å². The summed E-state index contributed by atoms with van der Waals surface area (Å²) in [6.45, 7) is 4.00. The van der Waals surface area contributed by atoms with Gasteiger partial charge in [-0.3, -0.25) is 15.3 Å². The fourth-order valence-corrected chi connectivity index (χ4v) is 0.824. The second kappa shape index (κ2) is 4.45. The van der Waals surface area contributed by atoms with Gasteiger partial charge in [-0.15, -0.1) is 0 Å². The molecule has 0 unspecified atom stereocenters. The van der Waals surface area contributed by atoms with Gasteiger partial charge in [0.25, 0.3) is 0 Å². The van der Waals surface area contributed by atoms with Crippen LogP contribution < -0.4 is 0 Å². The monoisotopic (exact) mass is 192 g/mol. The number of carbonyl (C=O) groups is 1. The van der Waals surface area contributed by atoms with Gasteiger partial charge in [0.2, 0.25) is 0 Å². The molecule has 5 nitrogen and oxygen atoms in total. The second-order valence-electron chi connectivity index (χ2n) is 3.14. The summed E-state index contributed by atoms with van der Waals surface area (Å²) in [6, 6.07) is 0. The number of aromatic amines is 1. The van der Waals surface area contributed by atoms with Crippen LogP contribution in [0, 0.1) is 5.41 Å². The summed E-state index contributed by atoms with van der Waals surface area (Å²) < 4.78 is 0. The summed E-state index contributed by atoms with van der Waals surface area (Å²) in [7, 11) is 0. The molecule has 1 heterocycles. The summed E-state index contributed by atoms with van der Waals surface area (Å²) in [5, 5.41) is 13.7. The van der Waals surface area contributed by atoms with Gasteiger partial charge in [0, 0.05) is 5.92 Å². The number of nitrogens with one attached hydrogen (secondary N) is 2. The fourth-order valence-electron chi connectivity index (χ4n) is 0.824. The van der Waals surface area contributed by atoms with Crippen molar-refractivity contribution in [3.63, 3.8) is 0 Å². The number of rotatable bonds is 4. The molecule has 0 aliphatic heterocycles. The number of aldehydes is 1. The Morgan fingerprint density at radius 1 is 1.57 bits per heavy atom. The van der Waals surface area contributed by atoms with Gasteiger partial charge in [0.05, 0.1) is 5.71 Å². The van der Waals surface area contributed by atoms with Crippen LogP contribution in [0.5, 0.6) is 0 Å². The highest BCUT2D eigenvalue weighted by atomic mass is 16.1. The number of allylic oxidation sites excluding steroid dienone is 1. The summed E-state index contributed by atoms with van der Waals surface area (Å²) >= 11 is 0.